The maximum absolute atomic E-state index is 11.5. The lowest BCUT2D eigenvalue weighted by atomic mass is 10.1. The summed E-state index contributed by atoms with van der Waals surface area (Å²) in [4.78, 5) is 11.5. The minimum Gasteiger partial charge on any atom is -0.493 e. The van der Waals surface area contributed by atoms with Gasteiger partial charge in [-0.3, -0.25) is 4.79 Å². The van der Waals surface area contributed by atoms with Gasteiger partial charge in [-0.1, -0.05) is 18.2 Å². The third-order valence-corrected chi connectivity index (χ3v) is 4.85. The van der Waals surface area contributed by atoms with Crippen molar-refractivity contribution in [1.29, 1.82) is 0 Å². The number of nitrogens with one attached hydrogen (secondary N) is 2. The van der Waals surface area contributed by atoms with Crippen molar-refractivity contribution in [1.82, 2.24) is 5.32 Å². The highest BCUT2D eigenvalue weighted by molar-refractivity contribution is 5.95. The fourth-order valence-corrected chi connectivity index (χ4v) is 2.96. The normalized spacial score (nSPS) is 17.0. The van der Waals surface area contributed by atoms with E-state index < -0.39 is 0 Å². The van der Waals surface area contributed by atoms with Crippen molar-refractivity contribution < 1.29 is 14.3 Å². The van der Waals surface area contributed by atoms with Crippen molar-refractivity contribution in [2.45, 2.75) is 32.4 Å². The molecule has 26 heavy (non-hydrogen) atoms. The predicted octanol–water partition coefficient (Wildman–Crippen LogP) is 3.66. The highest BCUT2D eigenvalue weighted by atomic mass is 16.5. The number of anilines is 1. The molecule has 5 nitrogen and oxygen atoms in total. The molecule has 1 aliphatic heterocycles. The zero-order valence-electron chi connectivity index (χ0n) is 15.0. The SMILES string of the molecule is CC(NCc1ccc(OCC2CC2)cc1)c1ccc2c(c1)NC(=O)CO2. The van der Waals surface area contributed by atoms with E-state index in [0.29, 0.717) is 0 Å². The molecule has 2 aliphatic rings. The minimum atomic E-state index is -0.112. The number of fused-ring (bicyclic) bond motifs is 1. The minimum absolute atomic E-state index is 0.0838. The van der Waals surface area contributed by atoms with Crippen LogP contribution in [-0.4, -0.2) is 19.1 Å². The number of rotatable bonds is 7. The van der Waals surface area contributed by atoms with Gasteiger partial charge in [0.1, 0.15) is 11.5 Å². The van der Waals surface area contributed by atoms with Crippen LogP contribution in [0, 0.1) is 5.92 Å². The second kappa shape index (κ2) is 7.38. The summed E-state index contributed by atoms with van der Waals surface area (Å²) >= 11 is 0. The van der Waals surface area contributed by atoms with Crippen LogP contribution in [0.25, 0.3) is 0 Å². The Hall–Kier alpha value is -2.53. The van der Waals surface area contributed by atoms with Crippen LogP contribution >= 0.6 is 0 Å². The number of ether oxygens (including phenoxy) is 2. The molecule has 0 saturated heterocycles. The first-order valence-corrected chi connectivity index (χ1v) is 9.19. The van der Waals surface area contributed by atoms with E-state index in [-0.39, 0.29) is 18.6 Å². The Bertz CT molecular complexity index is 784. The molecule has 1 amide bonds. The zero-order valence-corrected chi connectivity index (χ0v) is 15.0. The van der Waals surface area contributed by atoms with Gasteiger partial charge in [0.25, 0.3) is 5.91 Å². The molecule has 2 N–H and O–H groups in total. The molecule has 1 unspecified atom stereocenters. The molecule has 136 valence electrons. The molecule has 1 aliphatic carbocycles. The number of hydrogen-bond acceptors (Lipinski definition) is 4. The predicted molar refractivity (Wildman–Crippen MR) is 100 cm³/mol. The Morgan fingerprint density at radius 1 is 1.23 bits per heavy atom. The summed E-state index contributed by atoms with van der Waals surface area (Å²) in [6, 6.07) is 14.3. The third-order valence-electron chi connectivity index (χ3n) is 4.85. The van der Waals surface area contributed by atoms with Gasteiger partial charge in [0.2, 0.25) is 0 Å². The summed E-state index contributed by atoms with van der Waals surface area (Å²) in [6.07, 6.45) is 2.61. The van der Waals surface area contributed by atoms with Crippen molar-refractivity contribution in [3.8, 4) is 11.5 Å². The standard InChI is InChI=1S/C21H24N2O3/c1-14(17-6-9-20-19(10-17)23-21(24)13-26-20)22-11-15-4-7-18(8-5-15)25-12-16-2-3-16/h4-10,14,16,22H,2-3,11-13H2,1H3,(H,23,24). The van der Waals surface area contributed by atoms with Gasteiger partial charge in [-0.2, -0.15) is 0 Å². The smallest absolute Gasteiger partial charge is 0.262 e. The van der Waals surface area contributed by atoms with Gasteiger partial charge in [0.05, 0.1) is 12.3 Å². The van der Waals surface area contributed by atoms with E-state index in [1.807, 2.05) is 30.3 Å². The van der Waals surface area contributed by atoms with Crippen molar-refractivity contribution in [3.63, 3.8) is 0 Å². The van der Waals surface area contributed by atoms with E-state index in [2.05, 4.69) is 29.7 Å². The molecular weight excluding hydrogens is 328 g/mol. The Morgan fingerprint density at radius 3 is 2.81 bits per heavy atom. The van der Waals surface area contributed by atoms with Crippen molar-refractivity contribution >= 4 is 11.6 Å². The second-order valence-electron chi connectivity index (χ2n) is 7.09. The van der Waals surface area contributed by atoms with Gasteiger partial charge in [-0.15, -0.1) is 0 Å². The van der Waals surface area contributed by atoms with Crippen LogP contribution in [0.4, 0.5) is 5.69 Å². The lowest BCUT2D eigenvalue weighted by Crippen LogP contribution is -2.26. The monoisotopic (exact) mass is 352 g/mol. The molecule has 1 fully saturated rings. The van der Waals surface area contributed by atoms with Gasteiger partial charge in [-0.05, 0) is 61.1 Å². The zero-order chi connectivity index (χ0) is 17.9. The van der Waals surface area contributed by atoms with Crippen LogP contribution in [0.5, 0.6) is 11.5 Å². The van der Waals surface area contributed by atoms with Gasteiger partial charge in [-0.25, -0.2) is 0 Å². The summed E-state index contributed by atoms with van der Waals surface area (Å²) in [6.45, 7) is 3.80. The maximum Gasteiger partial charge on any atom is 0.262 e. The van der Waals surface area contributed by atoms with Crippen LogP contribution in [0.2, 0.25) is 0 Å². The van der Waals surface area contributed by atoms with Crippen LogP contribution in [-0.2, 0) is 11.3 Å². The molecule has 0 spiro atoms. The fourth-order valence-electron chi connectivity index (χ4n) is 2.96. The molecule has 5 heteroatoms. The summed E-state index contributed by atoms with van der Waals surface area (Å²) in [5, 5.41) is 6.37. The topological polar surface area (TPSA) is 59.6 Å². The summed E-state index contributed by atoms with van der Waals surface area (Å²) in [5.74, 6) is 2.32. The summed E-state index contributed by atoms with van der Waals surface area (Å²) in [7, 11) is 0. The summed E-state index contributed by atoms with van der Waals surface area (Å²) < 4.78 is 11.2. The molecule has 0 radical (unpaired) electrons. The molecule has 0 bridgehead atoms. The van der Waals surface area contributed by atoms with E-state index in [4.69, 9.17) is 9.47 Å². The van der Waals surface area contributed by atoms with Gasteiger partial charge in [0, 0.05) is 12.6 Å². The van der Waals surface area contributed by atoms with E-state index >= 15 is 0 Å². The van der Waals surface area contributed by atoms with Gasteiger partial charge >= 0.3 is 0 Å². The van der Waals surface area contributed by atoms with E-state index in [0.717, 1.165) is 41.8 Å². The van der Waals surface area contributed by atoms with Crippen LogP contribution < -0.4 is 20.1 Å². The molecular formula is C21H24N2O3. The first-order chi connectivity index (χ1) is 12.7. The van der Waals surface area contributed by atoms with E-state index in [9.17, 15) is 4.79 Å². The van der Waals surface area contributed by atoms with Crippen molar-refractivity contribution in [2.75, 3.05) is 18.5 Å². The van der Waals surface area contributed by atoms with Crippen molar-refractivity contribution in [3.05, 3.63) is 53.6 Å². The first kappa shape index (κ1) is 16.9. The lowest BCUT2D eigenvalue weighted by Gasteiger charge is -2.21. The maximum atomic E-state index is 11.5. The highest BCUT2D eigenvalue weighted by Gasteiger charge is 2.21. The Morgan fingerprint density at radius 2 is 2.04 bits per heavy atom. The average molecular weight is 352 g/mol. The average Bonchev–Trinajstić information content (AvgIpc) is 3.49. The molecule has 4 rings (SSSR count). The number of benzene rings is 2. The largest absolute Gasteiger partial charge is 0.493 e. The van der Waals surface area contributed by atoms with Crippen LogP contribution in [0.15, 0.2) is 42.5 Å². The Labute approximate surface area is 153 Å². The molecule has 1 atom stereocenters. The number of amides is 1. The van der Waals surface area contributed by atoms with Gasteiger partial charge < -0.3 is 20.1 Å². The van der Waals surface area contributed by atoms with Gasteiger partial charge in [0.15, 0.2) is 6.61 Å². The number of carbonyl (C=O) groups is 1. The van der Waals surface area contributed by atoms with Crippen molar-refractivity contribution in [2.24, 2.45) is 5.92 Å². The second-order valence-corrected chi connectivity index (χ2v) is 7.09. The highest BCUT2D eigenvalue weighted by Crippen LogP contribution is 2.31. The lowest BCUT2D eigenvalue weighted by molar-refractivity contribution is -0.118. The van der Waals surface area contributed by atoms with Crippen LogP contribution in [0.1, 0.15) is 36.9 Å². The van der Waals surface area contributed by atoms with Crippen LogP contribution in [0.3, 0.4) is 0 Å². The molecule has 2 aromatic carbocycles. The number of carbonyl (C=O) groups excluding carboxylic acids is 1. The number of hydrogen-bond donors (Lipinski definition) is 2. The Balaban J connectivity index is 1.32. The van der Waals surface area contributed by atoms with E-state index in [1.165, 1.54) is 18.4 Å². The quantitative estimate of drug-likeness (QED) is 0.798. The third kappa shape index (κ3) is 4.17. The molecule has 1 heterocycles. The summed E-state index contributed by atoms with van der Waals surface area (Å²) in [5.41, 5.74) is 3.06. The Kier molecular flexibility index (Phi) is 4.80. The fraction of sp³-hybridized carbons (Fsp3) is 0.381. The molecule has 1 saturated carbocycles. The molecule has 2 aromatic rings. The first-order valence-electron chi connectivity index (χ1n) is 9.19. The molecule has 0 aromatic heterocycles. The van der Waals surface area contributed by atoms with E-state index in [1.54, 1.807) is 0 Å².